The second-order valence-corrected chi connectivity index (χ2v) is 9.29. The number of aromatic hydroxyl groups is 1. The third-order valence-electron chi connectivity index (χ3n) is 7.39. The van der Waals surface area contributed by atoms with Crippen molar-refractivity contribution in [1.82, 2.24) is 4.90 Å². The van der Waals surface area contributed by atoms with Gasteiger partial charge in [-0.3, -0.25) is 14.4 Å². The van der Waals surface area contributed by atoms with Crippen molar-refractivity contribution in [2.45, 2.75) is 36.7 Å². The predicted octanol–water partition coefficient (Wildman–Crippen LogP) is -1.05. The number of aliphatic hydroxyl groups excluding tert-OH is 2. The third kappa shape index (κ3) is 2.57. The number of carbonyl (C=O) groups excluding carboxylic acids is 3. The van der Waals surface area contributed by atoms with Crippen molar-refractivity contribution < 1.29 is 39.9 Å². The van der Waals surface area contributed by atoms with E-state index in [-0.39, 0.29) is 17.5 Å². The van der Waals surface area contributed by atoms with Gasteiger partial charge in [-0.05, 0) is 39.1 Å². The number of phenolic OH excluding ortho intramolecular Hbond substituents is 1. The number of phenols is 1. The lowest BCUT2D eigenvalue weighted by Crippen LogP contribution is -2.71. The molecule has 10 nitrogen and oxygen atoms in total. The lowest BCUT2D eigenvalue weighted by molar-refractivity contribution is -0.182. The van der Waals surface area contributed by atoms with Gasteiger partial charge in [-0.2, -0.15) is 0 Å². The number of amides is 1. The van der Waals surface area contributed by atoms with E-state index in [2.05, 4.69) is 0 Å². The first-order valence-corrected chi connectivity index (χ1v) is 10.2. The Morgan fingerprint density at radius 3 is 2.38 bits per heavy atom. The molecule has 7 atom stereocenters. The molecule has 1 fully saturated rings. The third-order valence-corrected chi connectivity index (χ3v) is 7.39. The summed E-state index contributed by atoms with van der Waals surface area (Å²) in [5, 5.41) is 55.2. The summed E-state index contributed by atoms with van der Waals surface area (Å²) in [5.74, 6) is -8.67. The maximum Gasteiger partial charge on any atom is 0.230 e. The number of fused-ring (bicyclic) bond motifs is 3. The van der Waals surface area contributed by atoms with Crippen LogP contribution in [-0.2, 0) is 15.2 Å². The van der Waals surface area contributed by atoms with Gasteiger partial charge in [0.25, 0.3) is 0 Å². The van der Waals surface area contributed by atoms with Crippen LogP contribution in [0.3, 0.4) is 0 Å². The number of primary amides is 1. The van der Waals surface area contributed by atoms with Crippen LogP contribution in [0.25, 0.3) is 0 Å². The summed E-state index contributed by atoms with van der Waals surface area (Å²) in [6, 6.07) is 3.20. The Kier molecular flexibility index (Phi) is 4.80. The summed E-state index contributed by atoms with van der Waals surface area (Å²) in [7, 11) is 3.13. The number of likely N-dealkylation sites (N-methyl/N-ethyl adjacent to an activating group) is 1. The van der Waals surface area contributed by atoms with E-state index in [9.17, 15) is 39.9 Å². The highest BCUT2D eigenvalue weighted by atomic mass is 16.4. The molecule has 0 spiro atoms. The molecule has 7 N–H and O–H groups in total. The zero-order valence-electron chi connectivity index (χ0n) is 17.8. The predicted molar refractivity (Wildman–Crippen MR) is 109 cm³/mol. The topological polar surface area (TPSA) is 182 Å². The van der Waals surface area contributed by atoms with E-state index in [1.807, 2.05) is 0 Å². The Hall–Kier alpha value is -2.79. The summed E-state index contributed by atoms with van der Waals surface area (Å²) in [6.45, 7) is 1.41. The number of rotatable bonds is 2. The van der Waals surface area contributed by atoms with Gasteiger partial charge in [0.1, 0.15) is 17.4 Å². The first kappa shape index (κ1) is 22.4. The van der Waals surface area contributed by atoms with Gasteiger partial charge in [-0.25, -0.2) is 0 Å². The highest BCUT2D eigenvalue weighted by Crippen LogP contribution is 2.56. The van der Waals surface area contributed by atoms with Gasteiger partial charge >= 0.3 is 0 Å². The van der Waals surface area contributed by atoms with E-state index < -0.39 is 75.7 Å². The first-order valence-electron chi connectivity index (χ1n) is 10.2. The van der Waals surface area contributed by atoms with Crippen LogP contribution < -0.4 is 5.73 Å². The van der Waals surface area contributed by atoms with Crippen molar-refractivity contribution in [2.75, 3.05) is 14.1 Å². The number of hydrogen-bond acceptors (Lipinski definition) is 9. The van der Waals surface area contributed by atoms with E-state index in [1.54, 1.807) is 14.1 Å². The highest BCUT2D eigenvalue weighted by molar-refractivity contribution is 6.15. The molecule has 0 radical (unpaired) electrons. The van der Waals surface area contributed by atoms with Crippen LogP contribution in [0.15, 0.2) is 29.5 Å². The monoisotopic (exact) mass is 446 g/mol. The number of carbonyl (C=O) groups is 3. The number of aliphatic hydroxyl groups is 4. The Morgan fingerprint density at radius 2 is 1.81 bits per heavy atom. The van der Waals surface area contributed by atoms with E-state index in [1.165, 1.54) is 30.0 Å². The number of hydrogen-bond donors (Lipinski definition) is 6. The number of nitrogens with two attached hydrogens (primary N) is 1. The van der Waals surface area contributed by atoms with E-state index in [4.69, 9.17) is 5.73 Å². The minimum atomic E-state index is -2.69. The molecule has 0 saturated heterocycles. The van der Waals surface area contributed by atoms with E-state index in [0.717, 1.165) is 0 Å². The van der Waals surface area contributed by atoms with Crippen molar-refractivity contribution in [2.24, 2.45) is 23.5 Å². The van der Waals surface area contributed by atoms with Gasteiger partial charge in [-0.15, -0.1) is 0 Å². The summed E-state index contributed by atoms with van der Waals surface area (Å²) in [4.78, 5) is 40.0. The Bertz CT molecular complexity index is 1080. The van der Waals surface area contributed by atoms with Crippen LogP contribution in [0.5, 0.6) is 5.75 Å². The maximum absolute atomic E-state index is 13.3. The summed E-state index contributed by atoms with van der Waals surface area (Å²) in [5.41, 5.74) is 0.394. The van der Waals surface area contributed by atoms with Crippen LogP contribution in [0.2, 0.25) is 0 Å². The first-order chi connectivity index (χ1) is 14.8. The van der Waals surface area contributed by atoms with Crippen molar-refractivity contribution >= 4 is 17.5 Å². The Morgan fingerprint density at radius 1 is 1.19 bits per heavy atom. The fourth-order valence-electron chi connectivity index (χ4n) is 5.86. The maximum atomic E-state index is 13.3. The lowest BCUT2D eigenvalue weighted by Gasteiger charge is -2.55. The van der Waals surface area contributed by atoms with Crippen molar-refractivity contribution in [1.29, 1.82) is 0 Å². The molecule has 2 unspecified atom stereocenters. The van der Waals surface area contributed by atoms with Crippen LogP contribution in [0.1, 0.15) is 29.3 Å². The Balaban J connectivity index is 2.02. The molecule has 0 heterocycles. The number of nitrogens with zero attached hydrogens (tertiary/aromatic N) is 1. The van der Waals surface area contributed by atoms with Crippen molar-refractivity contribution in [3.63, 3.8) is 0 Å². The molecule has 3 aliphatic carbocycles. The van der Waals surface area contributed by atoms with Crippen LogP contribution in [-0.4, -0.2) is 79.7 Å². The summed E-state index contributed by atoms with van der Waals surface area (Å²) in [6.07, 6.45) is -1.74. The highest BCUT2D eigenvalue weighted by Gasteiger charge is 2.67. The molecule has 1 aromatic rings. The van der Waals surface area contributed by atoms with E-state index >= 15 is 0 Å². The molecule has 32 heavy (non-hydrogen) atoms. The minimum Gasteiger partial charge on any atom is -0.508 e. The smallest absolute Gasteiger partial charge is 0.230 e. The zero-order valence-corrected chi connectivity index (χ0v) is 17.8. The molecule has 172 valence electrons. The standard InChI is InChI=1S/C22H26N2O8/c1-21(31)8-5-4-6-11(25)12(8)16(26)13-9(21)7-10-15(24(2)3)17(27)14(20(23)30)19(29)22(10,32)18(13)28/h4-6,9-10,14-15,17,25,27-28,31-32H,7H2,1-3H3,(H2,23,30)/t9-,10-,14?,15-,17?,21+,22-/m0/s1. The molecule has 0 aromatic heterocycles. The van der Waals surface area contributed by atoms with Crippen LogP contribution in [0, 0.1) is 17.8 Å². The average molecular weight is 446 g/mol. The van der Waals surface area contributed by atoms with E-state index in [0.29, 0.717) is 0 Å². The van der Waals surface area contributed by atoms with Gasteiger partial charge in [0.2, 0.25) is 5.91 Å². The lowest BCUT2D eigenvalue weighted by atomic mass is 9.53. The van der Waals surface area contributed by atoms with Gasteiger partial charge in [0.15, 0.2) is 17.2 Å². The van der Waals surface area contributed by atoms with Gasteiger partial charge < -0.3 is 36.2 Å². The molecule has 3 aliphatic rings. The second-order valence-electron chi connectivity index (χ2n) is 9.29. The van der Waals surface area contributed by atoms with Gasteiger partial charge in [0.05, 0.1) is 17.3 Å². The van der Waals surface area contributed by atoms with Crippen molar-refractivity contribution in [3.05, 3.63) is 40.7 Å². The fraction of sp³-hybridized carbons (Fsp3) is 0.500. The summed E-state index contributed by atoms with van der Waals surface area (Å²) < 4.78 is 0. The van der Waals surface area contributed by atoms with Crippen LogP contribution in [0.4, 0.5) is 0 Å². The molecule has 0 aliphatic heterocycles. The number of ketones is 2. The minimum absolute atomic E-state index is 0.147. The number of Topliss-reactive ketones (excluding diaryl/α,β-unsaturated/α-hetero) is 2. The molecule has 4 rings (SSSR count). The van der Waals surface area contributed by atoms with Gasteiger partial charge in [0, 0.05) is 23.5 Å². The van der Waals surface area contributed by atoms with Crippen molar-refractivity contribution in [3.8, 4) is 5.75 Å². The molecule has 10 heteroatoms. The summed E-state index contributed by atoms with van der Waals surface area (Å²) >= 11 is 0. The molecular weight excluding hydrogens is 420 g/mol. The quantitative estimate of drug-likeness (QED) is 0.309. The molecular formula is C22H26N2O8. The Labute approximate surface area is 183 Å². The molecule has 1 amide bonds. The molecule has 1 aromatic carbocycles. The average Bonchev–Trinajstić information content (AvgIpc) is 2.68. The second kappa shape index (κ2) is 6.85. The fourth-order valence-corrected chi connectivity index (χ4v) is 5.86. The zero-order chi connectivity index (χ0) is 23.9. The number of benzene rings is 1. The SMILES string of the molecule is CN(C)[C@@H]1C(O)C(C(N)=O)C(=O)[C@@]2(O)C(O)=C3C(=O)c4c(O)cccc4[C@@](C)(O)[C@H]3C[C@@H]12. The largest absolute Gasteiger partial charge is 0.508 e. The van der Waals surface area contributed by atoms with Gasteiger partial charge in [-0.1, -0.05) is 12.1 Å². The molecule has 1 saturated carbocycles. The molecule has 0 bridgehead atoms. The van der Waals surface area contributed by atoms with Crippen LogP contribution >= 0.6 is 0 Å². The normalized spacial score (nSPS) is 38.9.